The second-order valence-electron chi connectivity index (χ2n) is 9.16. The fourth-order valence-electron chi connectivity index (χ4n) is 5.18. The first-order chi connectivity index (χ1) is 17.2. The van der Waals surface area contributed by atoms with E-state index in [1.54, 1.807) is 0 Å². The molecule has 0 saturated heterocycles. The average Bonchev–Trinajstić information content (AvgIpc) is 3.23. The number of fused-ring (bicyclic) bond motifs is 1. The Bertz CT molecular complexity index is 1400. The summed E-state index contributed by atoms with van der Waals surface area (Å²) in [6, 6.07) is 28.3. The molecule has 0 bridgehead atoms. The van der Waals surface area contributed by atoms with E-state index in [1.807, 2.05) is 60.1 Å². The molecular weight excluding hydrogens is 434 g/mol. The minimum absolute atomic E-state index is 0.202. The van der Waals surface area contributed by atoms with E-state index in [2.05, 4.69) is 41.7 Å². The number of carbonyl (C=O) groups is 1. The predicted octanol–water partition coefficient (Wildman–Crippen LogP) is 6.46. The number of allylic oxidation sites excluding steroid dienone is 2. The number of ether oxygens (including phenoxy) is 1. The van der Waals surface area contributed by atoms with Crippen molar-refractivity contribution in [3.63, 3.8) is 0 Å². The molecule has 174 valence electrons. The zero-order valence-electron chi connectivity index (χ0n) is 19.7. The highest BCUT2D eigenvalue weighted by atomic mass is 16.5. The summed E-state index contributed by atoms with van der Waals surface area (Å²) >= 11 is 0. The van der Waals surface area contributed by atoms with Gasteiger partial charge in [-0.25, -0.2) is 4.68 Å². The Morgan fingerprint density at radius 3 is 2.40 bits per heavy atom. The number of nitrogens with zero attached hydrogens (tertiary/aromatic N) is 2. The third-order valence-corrected chi connectivity index (χ3v) is 6.84. The highest BCUT2D eigenvalue weighted by Gasteiger charge is 2.37. The van der Waals surface area contributed by atoms with Gasteiger partial charge >= 0.3 is 0 Å². The van der Waals surface area contributed by atoms with Gasteiger partial charge < -0.3 is 10.1 Å². The Labute approximate surface area is 205 Å². The van der Waals surface area contributed by atoms with Crippen LogP contribution in [0.5, 0.6) is 5.75 Å². The number of aryl methyl sites for hydroxylation is 1. The molecule has 5 heteroatoms. The van der Waals surface area contributed by atoms with Crippen molar-refractivity contribution < 1.29 is 9.53 Å². The second-order valence-corrected chi connectivity index (χ2v) is 9.16. The molecule has 4 aromatic rings. The molecule has 3 aromatic carbocycles. The number of anilines is 1. The number of carbonyl (C=O) groups excluding carboxylic acids is 1. The van der Waals surface area contributed by atoms with Crippen molar-refractivity contribution >= 4 is 11.6 Å². The number of aromatic nitrogens is 2. The molecule has 1 aliphatic carbocycles. The van der Waals surface area contributed by atoms with Crippen LogP contribution in [-0.4, -0.2) is 15.6 Å². The first-order valence-electron chi connectivity index (χ1n) is 12.1. The third kappa shape index (κ3) is 3.93. The summed E-state index contributed by atoms with van der Waals surface area (Å²) < 4.78 is 8.00. The molecule has 0 fully saturated rings. The normalized spacial score (nSPS) is 16.9. The fourth-order valence-corrected chi connectivity index (χ4v) is 5.18. The Hall–Kier alpha value is -4.12. The molecule has 0 saturated carbocycles. The number of nitrogens with one attached hydrogen (secondary N) is 1. The number of Topliss-reactive ketones (excluding diaryl/α,β-unsaturated/α-hetero) is 1. The number of hydrogen-bond donors (Lipinski definition) is 1. The topological polar surface area (TPSA) is 56.2 Å². The van der Waals surface area contributed by atoms with Crippen LogP contribution in [0.15, 0.2) is 96.2 Å². The van der Waals surface area contributed by atoms with Gasteiger partial charge in [-0.2, -0.15) is 5.10 Å². The monoisotopic (exact) mass is 461 g/mol. The van der Waals surface area contributed by atoms with Crippen LogP contribution in [0, 0.1) is 6.92 Å². The quantitative estimate of drug-likeness (QED) is 0.371. The standard InChI is InChI=1S/C30H27N3O2/c1-20-27(22-11-6-3-7-12-22)30-31-25-13-8-14-26(34)28(25)29(33(30)32-20)23-15-17-24(18-16-23)35-19-21-9-4-2-5-10-21/h2-7,9-12,15-18,29,31H,8,13-14,19H2,1H3. The van der Waals surface area contributed by atoms with Crippen LogP contribution >= 0.6 is 0 Å². The van der Waals surface area contributed by atoms with E-state index in [9.17, 15) is 4.79 Å². The van der Waals surface area contributed by atoms with Gasteiger partial charge in [-0.3, -0.25) is 4.79 Å². The predicted molar refractivity (Wildman–Crippen MR) is 137 cm³/mol. The molecule has 1 aromatic heterocycles. The minimum atomic E-state index is -0.256. The minimum Gasteiger partial charge on any atom is -0.489 e. The molecule has 1 N–H and O–H groups in total. The van der Waals surface area contributed by atoms with Crippen molar-refractivity contribution in [2.24, 2.45) is 0 Å². The molecule has 5 nitrogen and oxygen atoms in total. The van der Waals surface area contributed by atoms with Crippen LogP contribution in [0.1, 0.15) is 42.1 Å². The Kier molecular flexibility index (Phi) is 5.45. The van der Waals surface area contributed by atoms with Crippen molar-refractivity contribution in [3.8, 4) is 16.9 Å². The van der Waals surface area contributed by atoms with E-state index in [0.717, 1.165) is 63.6 Å². The van der Waals surface area contributed by atoms with E-state index in [0.29, 0.717) is 13.0 Å². The Morgan fingerprint density at radius 1 is 0.943 bits per heavy atom. The highest BCUT2D eigenvalue weighted by Crippen LogP contribution is 2.45. The summed E-state index contributed by atoms with van der Waals surface area (Å²) in [7, 11) is 0. The van der Waals surface area contributed by atoms with Crippen molar-refractivity contribution in [2.45, 2.75) is 38.8 Å². The van der Waals surface area contributed by atoms with Gasteiger partial charge in [0.1, 0.15) is 24.2 Å². The molecule has 0 spiro atoms. The molecule has 6 rings (SSSR count). The lowest BCUT2D eigenvalue weighted by Crippen LogP contribution is -2.31. The number of ketones is 1. The van der Waals surface area contributed by atoms with E-state index in [1.165, 1.54) is 0 Å². The maximum Gasteiger partial charge on any atom is 0.163 e. The smallest absolute Gasteiger partial charge is 0.163 e. The lowest BCUT2D eigenvalue weighted by atomic mass is 9.85. The SMILES string of the molecule is Cc1nn2c(c1-c1ccccc1)NC1=C(C(=O)CCC1)C2c1ccc(OCc2ccccc2)cc1. The first kappa shape index (κ1) is 21.4. The van der Waals surface area contributed by atoms with Crippen LogP contribution in [0.2, 0.25) is 0 Å². The van der Waals surface area contributed by atoms with Crippen molar-refractivity contribution in [2.75, 3.05) is 5.32 Å². The first-order valence-corrected chi connectivity index (χ1v) is 12.1. The molecule has 1 aliphatic heterocycles. The van der Waals surface area contributed by atoms with Crippen molar-refractivity contribution in [1.82, 2.24) is 9.78 Å². The third-order valence-electron chi connectivity index (χ3n) is 6.84. The fraction of sp³-hybridized carbons (Fsp3) is 0.200. The van der Waals surface area contributed by atoms with Gasteiger partial charge in [0.2, 0.25) is 0 Å². The van der Waals surface area contributed by atoms with Gasteiger partial charge in [-0.05, 0) is 48.6 Å². The van der Waals surface area contributed by atoms with Crippen LogP contribution < -0.4 is 10.1 Å². The summed E-state index contributed by atoms with van der Waals surface area (Å²) in [6.45, 7) is 2.55. The number of rotatable bonds is 5. The zero-order valence-corrected chi connectivity index (χ0v) is 19.7. The van der Waals surface area contributed by atoms with Crippen LogP contribution in [0.4, 0.5) is 5.82 Å². The summed E-state index contributed by atoms with van der Waals surface area (Å²) in [4.78, 5) is 13.1. The van der Waals surface area contributed by atoms with Crippen molar-refractivity contribution in [1.29, 1.82) is 0 Å². The number of hydrogen-bond acceptors (Lipinski definition) is 4. The molecule has 0 radical (unpaired) electrons. The molecule has 2 heterocycles. The van der Waals surface area contributed by atoms with Crippen LogP contribution in [0.25, 0.3) is 11.1 Å². The second kappa shape index (κ2) is 8.91. The van der Waals surface area contributed by atoms with Gasteiger partial charge in [0.25, 0.3) is 0 Å². The van der Waals surface area contributed by atoms with Crippen molar-refractivity contribution in [3.05, 3.63) is 113 Å². The van der Waals surface area contributed by atoms with Crippen LogP contribution in [0.3, 0.4) is 0 Å². The largest absolute Gasteiger partial charge is 0.489 e. The number of benzene rings is 3. The summed E-state index contributed by atoms with van der Waals surface area (Å²) in [5, 5.41) is 8.55. The molecular formula is C30H27N3O2. The summed E-state index contributed by atoms with van der Waals surface area (Å²) in [6.07, 6.45) is 2.32. The highest BCUT2D eigenvalue weighted by molar-refractivity contribution is 6.00. The van der Waals surface area contributed by atoms with Gasteiger partial charge in [0, 0.05) is 23.3 Å². The van der Waals surface area contributed by atoms with Gasteiger partial charge in [0.15, 0.2) is 5.78 Å². The maximum absolute atomic E-state index is 13.1. The molecule has 2 aliphatic rings. The lowest BCUT2D eigenvalue weighted by Gasteiger charge is -2.33. The van der Waals surface area contributed by atoms with Gasteiger partial charge in [-0.1, -0.05) is 72.8 Å². The summed E-state index contributed by atoms with van der Waals surface area (Å²) in [5.41, 5.74) is 7.17. The average molecular weight is 462 g/mol. The molecule has 35 heavy (non-hydrogen) atoms. The van der Waals surface area contributed by atoms with Crippen LogP contribution in [-0.2, 0) is 11.4 Å². The van der Waals surface area contributed by atoms with Gasteiger partial charge in [-0.15, -0.1) is 0 Å². The molecule has 1 unspecified atom stereocenters. The van der Waals surface area contributed by atoms with E-state index >= 15 is 0 Å². The summed E-state index contributed by atoms with van der Waals surface area (Å²) in [5.74, 6) is 1.96. The zero-order chi connectivity index (χ0) is 23.8. The molecule has 0 amide bonds. The lowest BCUT2D eigenvalue weighted by molar-refractivity contribution is -0.116. The van der Waals surface area contributed by atoms with E-state index in [-0.39, 0.29) is 11.8 Å². The van der Waals surface area contributed by atoms with Gasteiger partial charge in [0.05, 0.1) is 5.69 Å². The van der Waals surface area contributed by atoms with E-state index < -0.39 is 0 Å². The van der Waals surface area contributed by atoms with E-state index in [4.69, 9.17) is 9.84 Å². The maximum atomic E-state index is 13.1. The Morgan fingerprint density at radius 2 is 1.66 bits per heavy atom. The molecule has 1 atom stereocenters. The Balaban J connectivity index is 1.39.